The van der Waals surface area contributed by atoms with Gasteiger partial charge in [-0.3, -0.25) is 0 Å². The molecule has 10 heavy (non-hydrogen) atoms. The molecule has 0 atom stereocenters. The van der Waals surface area contributed by atoms with Crippen molar-refractivity contribution in [3.63, 3.8) is 0 Å². The second-order valence-corrected chi connectivity index (χ2v) is 3.32. The van der Waals surface area contributed by atoms with Crippen molar-refractivity contribution in [2.24, 2.45) is 0 Å². The molecule has 0 heterocycles. The van der Waals surface area contributed by atoms with Crippen molar-refractivity contribution in [1.82, 2.24) is 0 Å². The third kappa shape index (κ3) is 4.80. The number of unbranched alkanes of at least 4 members (excludes halogenated alkanes) is 1. The molecule has 0 aromatic rings. The molecule has 1 heteroatoms. The van der Waals surface area contributed by atoms with Crippen LogP contribution in [0.15, 0.2) is 0 Å². The molecule has 1 nitrogen and oxygen atoms in total. The zero-order valence-electron chi connectivity index (χ0n) is 7.74. The Kier molecular flexibility index (Phi) is 4.71. The molecule has 0 aromatic carbocycles. The third-order valence-electron chi connectivity index (χ3n) is 1.84. The molecule has 0 aliphatic carbocycles. The first-order chi connectivity index (χ1) is 4.62. The van der Waals surface area contributed by atoms with E-state index in [-0.39, 0.29) is 5.60 Å². The summed E-state index contributed by atoms with van der Waals surface area (Å²) in [5, 5.41) is 0. The molecule has 0 unspecified atom stereocenters. The van der Waals surface area contributed by atoms with Gasteiger partial charge in [-0.25, -0.2) is 0 Å². The van der Waals surface area contributed by atoms with Gasteiger partial charge in [-0.2, -0.15) is 0 Å². The van der Waals surface area contributed by atoms with Crippen LogP contribution in [0.25, 0.3) is 0 Å². The second-order valence-electron chi connectivity index (χ2n) is 3.32. The van der Waals surface area contributed by atoms with Gasteiger partial charge in [-0.1, -0.05) is 20.3 Å². The summed E-state index contributed by atoms with van der Waals surface area (Å²) in [5.41, 5.74) is 0.0924. The van der Waals surface area contributed by atoms with Gasteiger partial charge >= 0.3 is 0 Å². The second kappa shape index (κ2) is 4.73. The molecule has 0 fully saturated rings. The topological polar surface area (TPSA) is 9.23 Å². The Labute approximate surface area is 64.8 Å². The summed E-state index contributed by atoms with van der Waals surface area (Å²) in [4.78, 5) is 0. The van der Waals surface area contributed by atoms with E-state index in [1.807, 2.05) is 0 Å². The lowest BCUT2D eigenvalue weighted by Crippen LogP contribution is -2.23. The fraction of sp³-hybridized carbons (Fsp3) is 1.00. The van der Waals surface area contributed by atoms with Crippen molar-refractivity contribution in [2.75, 3.05) is 6.61 Å². The van der Waals surface area contributed by atoms with Crippen LogP contribution < -0.4 is 0 Å². The van der Waals surface area contributed by atoms with E-state index in [0.717, 1.165) is 13.0 Å². The standard InChI is InChI=1S/C9H20O/c1-5-7-8-10-9(3,4)6-2/h5-8H2,1-4H3. The highest BCUT2D eigenvalue weighted by atomic mass is 16.5. The van der Waals surface area contributed by atoms with E-state index in [9.17, 15) is 0 Å². The van der Waals surface area contributed by atoms with Crippen molar-refractivity contribution in [2.45, 2.75) is 52.6 Å². The minimum absolute atomic E-state index is 0.0924. The summed E-state index contributed by atoms with van der Waals surface area (Å²) >= 11 is 0. The average Bonchev–Trinajstić information content (AvgIpc) is 1.89. The number of hydrogen-bond donors (Lipinski definition) is 0. The van der Waals surface area contributed by atoms with E-state index in [0.29, 0.717) is 0 Å². The van der Waals surface area contributed by atoms with Crippen LogP contribution in [0.2, 0.25) is 0 Å². The van der Waals surface area contributed by atoms with E-state index in [4.69, 9.17) is 4.74 Å². The lowest BCUT2D eigenvalue weighted by atomic mass is 10.1. The Balaban J connectivity index is 3.28. The van der Waals surface area contributed by atoms with Gasteiger partial charge in [-0.05, 0) is 26.7 Å². The molecule has 0 aliphatic heterocycles. The monoisotopic (exact) mass is 144 g/mol. The summed E-state index contributed by atoms with van der Waals surface area (Å²) in [6, 6.07) is 0. The maximum absolute atomic E-state index is 5.62. The Hall–Kier alpha value is -0.0400. The van der Waals surface area contributed by atoms with Gasteiger partial charge in [0.25, 0.3) is 0 Å². The number of rotatable bonds is 5. The molecule has 0 amide bonds. The molecule has 0 aliphatic rings. The predicted molar refractivity (Wildman–Crippen MR) is 45.2 cm³/mol. The molecular formula is C9H20O. The maximum Gasteiger partial charge on any atom is 0.0623 e. The third-order valence-corrected chi connectivity index (χ3v) is 1.84. The van der Waals surface area contributed by atoms with Gasteiger partial charge in [0.2, 0.25) is 0 Å². The van der Waals surface area contributed by atoms with Gasteiger partial charge in [0.1, 0.15) is 0 Å². The highest BCUT2D eigenvalue weighted by Crippen LogP contribution is 2.13. The Morgan fingerprint density at radius 2 is 1.80 bits per heavy atom. The zero-order valence-corrected chi connectivity index (χ0v) is 7.74. The van der Waals surface area contributed by atoms with E-state index in [1.165, 1.54) is 12.8 Å². The molecule has 0 N–H and O–H groups in total. The summed E-state index contributed by atoms with van der Waals surface area (Å²) in [5.74, 6) is 0. The van der Waals surface area contributed by atoms with Gasteiger partial charge in [0.05, 0.1) is 5.60 Å². The van der Waals surface area contributed by atoms with Gasteiger partial charge < -0.3 is 4.74 Å². The van der Waals surface area contributed by atoms with Crippen LogP contribution in [0, 0.1) is 0 Å². The fourth-order valence-electron chi connectivity index (χ4n) is 0.595. The van der Waals surface area contributed by atoms with Gasteiger partial charge in [0, 0.05) is 6.61 Å². The molecule has 0 rings (SSSR count). The summed E-state index contributed by atoms with van der Waals surface area (Å²) in [6.07, 6.45) is 3.50. The molecular weight excluding hydrogens is 124 g/mol. The van der Waals surface area contributed by atoms with Crippen molar-refractivity contribution in [3.8, 4) is 0 Å². The first kappa shape index (κ1) is 9.96. The van der Waals surface area contributed by atoms with E-state index >= 15 is 0 Å². The van der Waals surface area contributed by atoms with Crippen LogP contribution >= 0.6 is 0 Å². The first-order valence-corrected chi connectivity index (χ1v) is 4.26. The van der Waals surface area contributed by atoms with Crippen LogP contribution in [0.3, 0.4) is 0 Å². The summed E-state index contributed by atoms with van der Waals surface area (Å²) < 4.78 is 5.62. The molecule has 0 bridgehead atoms. The normalized spacial score (nSPS) is 12.0. The zero-order chi connectivity index (χ0) is 8.04. The average molecular weight is 144 g/mol. The largest absolute Gasteiger partial charge is 0.376 e. The predicted octanol–water partition coefficient (Wildman–Crippen LogP) is 2.99. The van der Waals surface area contributed by atoms with Gasteiger partial charge in [-0.15, -0.1) is 0 Å². The van der Waals surface area contributed by atoms with Crippen LogP contribution in [-0.4, -0.2) is 12.2 Å². The lowest BCUT2D eigenvalue weighted by molar-refractivity contribution is -0.0211. The van der Waals surface area contributed by atoms with Crippen molar-refractivity contribution in [1.29, 1.82) is 0 Å². The maximum atomic E-state index is 5.62. The van der Waals surface area contributed by atoms with Crippen LogP contribution in [-0.2, 0) is 4.74 Å². The van der Waals surface area contributed by atoms with Crippen molar-refractivity contribution in [3.05, 3.63) is 0 Å². The Bertz CT molecular complexity index is 76.8. The van der Waals surface area contributed by atoms with Gasteiger partial charge in [0.15, 0.2) is 0 Å². The van der Waals surface area contributed by atoms with Crippen molar-refractivity contribution < 1.29 is 4.74 Å². The highest BCUT2D eigenvalue weighted by Gasteiger charge is 2.13. The Morgan fingerprint density at radius 1 is 1.20 bits per heavy atom. The molecule has 0 spiro atoms. The van der Waals surface area contributed by atoms with E-state index in [2.05, 4.69) is 27.7 Å². The van der Waals surface area contributed by atoms with Crippen LogP contribution in [0.5, 0.6) is 0 Å². The smallest absolute Gasteiger partial charge is 0.0623 e. The van der Waals surface area contributed by atoms with E-state index in [1.54, 1.807) is 0 Å². The Morgan fingerprint density at radius 3 is 2.20 bits per heavy atom. The molecule has 0 aromatic heterocycles. The summed E-state index contributed by atoms with van der Waals surface area (Å²) in [7, 11) is 0. The minimum Gasteiger partial charge on any atom is -0.376 e. The molecule has 0 saturated carbocycles. The molecule has 0 radical (unpaired) electrons. The number of hydrogen-bond acceptors (Lipinski definition) is 1. The summed E-state index contributed by atoms with van der Waals surface area (Å²) in [6.45, 7) is 9.54. The minimum atomic E-state index is 0.0924. The van der Waals surface area contributed by atoms with Crippen molar-refractivity contribution >= 4 is 0 Å². The van der Waals surface area contributed by atoms with Crippen LogP contribution in [0.4, 0.5) is 0 Å². The SMILES string of the molecule is CCCCOC(C)(C)CC. The molecule has 62 valence electrons. The molecule has 0 saturated heterocycles. The quantitative estimate of drug-likeness (QED) is 0.539. The fourth-order valence-corrected chi connectivity index (χ4v) is 0.595. The van der Waals surface area contributed by atoms with E-state index < -0.39 is 0 Å². The lowest BCUT2D eigenvalue weighted by Gasteiger charge is -2.23. The van der Waals surface area contributed by atoms with Crippen LogP contribution in [0.1, 0.15) is 47.0 Å². The highest BCUT2D eigenvalue weighted by molar-refractivity contribution is 4.64. The number of ether oxygens (including phenoxy) is 1. The first-order valence-electron chi connectivity index (χ1n) is 4.26.